The van der Waals surface area contributed by atoms with Crippen LogP contribution in [0.2, 0.25) is 5.02 Å². The minimum absolute atomic E-state index is 0.228. The van der Waals surface area contributed by atoms with Crippen LogP contribution in [-0.2, 0) is 4.79 Å². The van der Waals surface area contributed by atoms with Gasteiger partial charge in [-0.05, 0) is 42.3 Å². The average Bonchev–Trinajstić information content (AvgIpc) is 3.04. The molecule has 1 unspecified atom stereocenters. The Morgan fingerprint density at radius 3 is 2.79 bits per heavy atom. The third-order valence-corrected chi connectivity index (χ3v) is 5.14. The van der Waals surface area contributed by atoms with E-state index < -0.39 is 6.04 Å². The van der Waals surface area contributed by atoms with E-state index in [2.05, 4.69) is 11.1 Å². The summed E-state index contributed by atoms with van der Waals surface area (Å²) in [7, 11) is 1.58. The Balaban J connectivity index is 2.08. The first-order chi connectivity index (χ1) is 13.5. The lowest BCUT2D eigenvalue weighted by Gasteiger charge is -2.20. The second-order valence-corrected chi connectivity index (χ2v) is 7.01. The van der Waals surface area contributed by atoms with E-state index in [1.807, 2.05) is 24.3 Å². The SMILES string of the molecule is COc1ccc2nc(N3CCC(N)C3=O)c(C#N)c(-c3cccc(Cl)c3)c2c1. The molecule has 0 saturated carbocycles. The van der Waals surface area contributed by atoms with Gasteiger partial charge in [-0.25, -0.2) is 4.98 Å². The van der Waals surface area contributed by atoms with E-state index >= 15 is 0 Å². The van der Waals surface area contributed by atoms with Crippen molar-refractivity contribution in [3.8, 4) is 22.9 Å². The van der Waals surface area contributed by atoms with Gasteiger partial charge in [-0.15, -0.1) is 0 Å². The summed E-state index contributed by atoms with van der Waals surface area (Å²) in [6.07, 6.45) is 0.526. The maximum atomic E-state index is 12.5. The van der Waals surface area contributed by atoms with Gasteiger partial charge in [-0.2, -0.15) is 5.26 Å². The number of hydrogen-bond acceptors (Lipinski definition) is 5. The normalized spacial score (nSPS) is 16.4. The predicted molar refractivity (Wildman–Crippen MR) is 108 cm³/mol. The van der Waals surface area contributed by atoms with Gasteiger partial charge < -0.3 is 10.5 Å². The fraction of sp³-hybridized carbons (Fsp3) is 0.190. The molecular weight excluding hydrogens is 376 g/mol. The molecular formula is C21H17ClN4O2. The molecule has 1 aliphatic heterocycles. The molecule has 2 aromatic carbocycles. The van der Waals surface area contributed by atoms with E-state index in [1.54, 1.807) is 25.3 Å². The number of halogens is 1. The number of carbonyl (C=O) groups excluding carboxylic acids is 1. The molecule has 2 heterocycles. The summed E-state index contributed by atoms with van der Waals surface area (Å²) in [4.78, 5) is 18.7. The second-order valence-electron chi connectivity index (χ2n) is 6.58. The zero-order chi connectivity index (χ0) is 19.8. The molecule has 1 atom stereocenters. The summed E-state index contributed by atoms with van der Waals surface area (Å²) in [6, 6.07) is 14.4. The molecule has 0 radical (unpaired) electrons. The van der Waals surface area contributed by atoms with E-state index in [0.717, 1.165) is 10.9 Å². The van der Waals surface area contributed by atoms with Crippen molar-refractivity contribution in [2.24, 2.45) is 5.73 Å². The van der Waals surface area contributed by atoms with Gasteiger partial charge in [0.05, 0.1) is 18.7 Å². The summed E-state index contributed by atoms with van der Waals surface area (Å²) < 4.78 is 5.35. The number of nitrogens with two attached hydrogens (primary N) is 1. The number of pyridine rings is 1. The Bertz CT molecular complexity index is 1140. The Labute approximate surface area is 167 Å². The monoisotopic (exact) mass is 392 g/mol. The molecule has 140 valence electrons. The van der Waals surface area contributed by atoms with Crippen LogP contribution < -0.4 is 15.4 Å². The highest BCUT2D eigenvalue weighted by Gasteiger charge is 2.33. The van der Waals surface area contributed by atoms with E-state index in [0.29, 0.717) is 46.2 Å². The van der Waals surface area contributed by atoms with Crippen molar-refractivity contribution in [3.05, 3.63) is 53.1 Å². The molecule has 0 bridgehead atoms. The van der Waals surface area contributed by atoms with Crippen LogP contribution in [0, 0.1) is 11.3 Å². The molecule has 1 saturated heterocycles. The predicted octanol–water partition coefficient (Wildman–Crippen LogP) is 3.50. The number of fused-ring (bicyclic) bond motifs is 1. The van der Waals surface area contributed by atoms with E-state index in [9.17, 15) is 10.1 Å². The topological polar surface area (TPSA) is 92.2 Å². The van der Waals surface area contributed by atoms with Crippen molar-refractivity contribution >= 4 is 34.2 Å². The first-order valence-electron chi connectivity index (χ1n) is 8.78. The van der Waals surface area contributed by atoms with Gasteiger partial charge >= 0.3 is 0 Å². The molecule has 6 nitrogen and oxygen atoms in total. The number of nitriles is 1. The second kappa shape index (κ2) is 7.12. The number of amides is 1. The summed E-state index contributed by atoms with van der Waals surface area (Å²) in [5.74, 6) is 0.746. The van der Waals surface area contributed by atoms with Crippen LogP contribution in [0.15, 0.2) is 42.5 Å². The number of nitrogens with zero attached hydrogens (tertiary/aromatic N) is 3. The largest absolute Gasteiger partial charge is 0.497 e. The Hall–Kier alpha value is -3.14. The summed E-state index contributed by atoms with van der Waals surface area (Å²) in [5, 5.41) is 11.3. The highest BCUT2D eigenvalue weighted by atomic mass is 35.5. The van der Waals surface area contributed by atoms with E-state index in [1.165, 1.54) is 4.90 Å². The number of methoxy groups -OCH3 is 1. The lowest BCUT2D eigenvalue weighted by atomic mass is 9.95. The molecule has 1 amide bonds. The van der Waals surface area contributed by atoms with Crippen LogP contribution in [0.4, 0.5) is 5.82 Å². The number of carbonyl (C=O) groups is 1. The molecule has 2 N–H and O–H groups in total. The fourth-order valence-corrected chi connectivity index (χ4v) is 3.70. The fourth-order valence-electron chi connectivity index (χ4n) is 3.51. The molecule has 1 aliphatic rings. The van der Waals surface area contributed by atoms with E-state index in [-0.39, 0.29) is 5.91 Å². The van der Waals surface area contributed by atoms with Gasteiger partial charge in [0, 0.05) is 22.5 Å². The van der Waals surface area contributed by atoms with Gasteiger partial charge in [-0.1, -0.05) is 23.7 Å². The zero-order valence-corrected chi connectivity index (χ0v) is 15.9. The maximum Gasteiger partial charge on any atom is 0.245 e. The quantitative estimate of drug-likeness (QED) is 0.736. The number of anilines is 1. The van der Waals surface area contributed by atoms with Crippen molar-refractivity contribution in [2.75, 3.05) is 18.6 Å². The van der Waals surface area contributed by atoms with Crippen LogP contribution in [0.1, 0.15) is 12.0 Å². The lowest BCUT2D eigenvalue weighted by Crippen LogP contribution is -2.35. The molecule has 3 aromatic rings. The minimum Gasteiger partial charge on any atom is -0.497 e. The van der Waals surface area contributed by atoms with Gasteiger partial charge in [0.25, 0.3) is 0 Å². The lowest BCUT2D eigenvalue weighted by molar-refractivity contribution is -0.118. The average molecular weight is 393 g/mol. The van der Waals surface area contributed by atoms with Crippen molar-refractivity contribution in [1.29, 1.82) is 5.26 Å². The van der Waals surface area contributed by atoms with Crippen molar-refractivity contribution in [1.82, 2.24) is 4.98 Å². The molecule has 28 heavy (non-hydrogen) atoms. The van der Waals surface area contributed by atoms with Crippen molar-refractivity contribution < 1.29 is 9.53 Å². The van der Waals surface area contributed by atoms with Gasteiger partial charge in [0.2, 0.25) is 5.91 Å². The van der Waals surface area contributed by atoms with Crippen LogP contribution in [0.3, 0.4) is 0 Å². The van der Waals surface area contributed by atoms with Gasteiger partial charge in [0.1, 0.15) is 17.4 Å². The highest BCUT2D eigenvalue weighted by Crippen LogP contribution is 2.39. The third kappa shape index (κ3) is 2.95. The third-order valence-electron chi connectivity index (χ3n) is 4.90. The number of aromatic nitrogens is 1. The smallest absolute Gasteiger partial charge is 0.245 e. The molecule has 0 aliphatic carbocycles. The standard InChI is InChI=1S/C21H17ClN4O2/c1-28-14-5-6-18-15(10-14)19(12-3-2-4-13(22)9-12)16(11-23)20(25-18)26-8-7-17(24)21(26)27/h2-6,9-10,17H,7-8,24H2,1H3. The van der Waals surface area contributed by atoms with Crippen molar-refractivity contribution in [3.63, 3.8) is 0 Å². The van der Waals surface area contributed by atoms with Crippen LogP contribution >= 0.6 is 11.6 Å². The maximum absolute atomic E-state index is 12.5. The first-order valence-corrected chi connectivity index (χ1v) is 9.16. The van der Waals surface area contributed by atoms with Crippen LogP contribution in [0.5, 0.6) is 5.75 Å². The number of rotatable bonds is 3. The number of hydrogen-bond donors (Lipinski definition) is 1. The van der Waals surface area contributed by atoms with Crippen LogP contribution in [0.25, 0.3) is 22.0 Å². The zero-order valence-electron chi connectivity index (χ0n) is 15.1. The highest BCUT2D eigenvalue weighted by molar-refractivity contribution is 6.31. The molecule has 1 aromatic heterocycles. The molecule has 7 heteroatoms. The minimum atomic E-state index is -0.575. The van der Waals surface area contributed by atoms with Crippen molar-refractivity contribution in [2.45, 2.75) is 12.5 Å². The molecule has 1 fully saturated rings. The van der Waals surface area contributed by atoms with Crippen LogP contribution in [-0.4, -0.2) is 30.6 Å². The molecule has 4 rings (SSSR count). The Morgan fingerprint density at radius 2 is 2.14 bits per heavy atom. The number of benzene rings is 2. The Morgan fingerprint density at radius 1 is 1.32 bits per heavy atom. The van der Waals surface area contributed by atoms with Gasteiger partial charge in [-0.3, -0.25) is 9.69 Å². The van der Waals surface area contributed by atoms with Gasteiger partial charge in [0.15, 0.2) is 5.82 Å². The summed E-state index contributed by atoms with van der Waals surface area (Å²) >= 11 is 6.20. The molecule has 0 spiro atoms. The number of ether oxygens (including phenoxy) is 1. The summed E-state index contributed by atoms with van der Waals surface area (Å²) in [6.45, 7) is 0.429. The van der Waals surface area contributed by atoms with E-state index in [4.69, 9.17) is 22.1 Å². The Kier molecular flexibility index (Phi) is 4.63. The summed E-state index contributed by atoms with van der Waals surface area (Å²) in [5.41, 5.74) is 8.27. The first kappa shape index (κ1) is 18.2.